The second-order valence-corrected chi connectivity index (χ2v) is 7.89. The van der Waals surface area contributed by atoms with Crippen LogP contribution in [0.2, 0.25) is 0 Å². The maximum Gasteiger partial charge on any atom is 0.208 e. The van der Waals surface area contributed by atoms with Gasteiger partial charge in [0.1, 0.15) is 11.6 Å². The van der Waals surface area contributed by atoms with Crippen molar-refractivity contribution in [1.82, 2.24) is 14.7 Å². The molecule has 9 heteroatoms. The van der Waals surface area contributed by atoms with Gasteiger partial charge >= 0.3 is 0 Å². The highest BCUT2D eigenvalue weighted by atomic mass is 32.2. The van der Waals surface area contributed by atoms with Crippen LogP contribution in [0, 0.1) is 17.2 Å². The van der Waals surface area contributed by atoms with Gasteiger partial charge in [-0.2, -0.15) is 5.26 Å². The predicted molar refractivity (Wildman–Crippen MR) is 86.3 cm³/mol. The predicted octanol–water partition coefficient (Wildman–Crippen LogP) is 0.836. The van der Waals surface area contributed by atoms with Crippen LogP contribution in [-0.2, 0) is 10.0 Å². The van der Waals surface area contributed by atoms with Gasteiger partial charge in [-0.3, -0.25) is 0 Å². The molecule has 0 aliphatic carbocycles. The minimum atomic E-state index is -3.18. The Morgan fingerprint density at radius 2 is 2.36 bits per heavy atom. The highest BCUT2D eigenvalue weighted by molar-refractivity contribution is 7.98. The highest BCUT2D eigenvalue weighted by Gasteiger charge is 2.24. The third kappa shape index (κ3) is 4.56. The van der Waals surface area contributed by atoms with Gasteiger partial charge in [-0.25, -0.2) is 23.1 Å². The fraction of sp³-hybridized carbons (Fsp3) is 0.615. The molecule has 1 saturated heterocycles. The summed E-state index contributed by atoms with van der Waals surface area (Å²) in [5.74, 6) is 0.855. The van der Waals surface area contributed by atoms with E-state index in [9.17, 15) is 13.7 Å². The van der Waals surface area contributed by atoms with Crippen molar-refractivity contribution in [3.63, 3.8) is 0 Å². The maximum absolute atomic E-state index is 11.2. The molecule has 2 heterocycles. The van der Waals surface area contributed by atoms with Crippen LogP contribution in [0.25, 0.3) is 0 Å². The average molecular weight is 341 g/mol. The van der Waals surface area contributed by atoms with E-state index < -0.39 is 10.0 Å². The Morgan fingerprint density at radius 1 is 1.59 bits per heavy atom. The topological polar surface area (TPSA) is 99.0 Å². The van der Waals surface area contributed by atoms with Crippen molar-refractivity contribution >= 4 is 27.6 Å². The van der Waals surface area contributed by atoms with Gasteiger partial charge in [0.15, 0.2) is 11.0 Å². The van der Waals surface area contributed by atoms with Gasteiger partial charge in [-0.05, 0) is 25.0 Å². The maximum atomic E-state index is 11.2. The molecule has 2 rings (SSSR count). The van der Waals surface area contributed by atoms with E-state index in [-0.39, 0.29) is 5.92 Å². The number of hydrogen-bond donors (Lipinski definition) is 1. The summed E-state index contributed by atoms with van der Waals surface area (Å²) in [5.41, 5.74) is 0.453. The van der Waals surface area contributed by atoms with E-state index in [4.69, 9.17) is 0 Å². The molecular formula is C13H19N5O2S2. The fourth-order valence-electron chi connectivity index (χ4n) is 2.47. The van der Waals surface area contributed by atoms with Crippen molar-refractivity contribution in [2.75, 3.05) is 37.0 Å². The van der Waals surface area contributed by atoms with E-state index in [2.05, 4.69) is 25.7 Å². The first-order valence-corrected chi connectivity index (χ1v) is 10.0. The normalized spacial score (nSPS) is 19.0. The Morgan fingerprint density at radius 3 is 3.00 bits per heavy atom. The number of anilines is 1. The second-order valence-electron chi connectivity index (χ2n) is 5.28. The zero-order valence-electron chi connectivity index (χ0n) is 12.6. The Hall–Kier alpha value is -1.37. The van der Waals surface area contributed by atoms with Crippen molar-refractivity contribution < 1.29 is 8.42 Å². The van der Waals surface area contributed by atoms with Crippen LogP contribution in [-0.4, -0.2) is 50.5 Å². The number of hydrogen-bond acceptors (Lipinski definition) is 7. The Bertz CT molecular complexity index is 671. The monoisotopic (exact) mass is 341 g/mol. The standard InChI is InChI=1S/C13H19N5O2S2/c1-21-13-15-8-11(6-14)12(17-13)18-5-3-4-10(9-18)7-16-22(2,19)20/h8,10,16H,3-5,7,9H2,1-2H3/t10-/m1/s1. The number of nitrogens with one attached hydrogen (secondary N) is 1. The molecule has 1 fully saturated rings. The minimum absolute atomic E-state index is 0.211. The zero-order chi connectivity index (χ0) is 16.2. The molecule has 7 nitrogen and oxygen atoms in total. The smallest absolute Gasteiger partial charge is 0.208 e. The van der Waals surface area contributed by atoms with Crippen LogP contribution in [0.1, 0.15) is 18.4 Å². The Labute approximate surface area is 135 Å². The van der Waals surface area contributed by atoms with Crippen LogP contribution in [0.5, 0.6) is 0 Å². The van der Waals surface area contributed by atoms with Gasteiger partial charge in [0, 0.05) is 19.6 Å². The molecular weight excluding hydrogens is 322 g/mol. The van der Waals surface area contributed by atoms with Crippen molar-refractivity contribution in [3.05, 3.63) is 11.8 Å². The lowest BCUT2D eigenvalue weighted by atomic mass is 9.98. The molecule has 1 aromatic rings. The molecule has 0 bridgehead atoms. The molecule has 1 aliphatic heterocycles. The third-order valence-corrected chi connectivity index (χ3v) is 4.76. The molecule has 120 valence electrons. The first-order chi connectivity index (χ1) is 10.4. The number of nitriles is 1. The number of piperidine rings is 1. The van der Waals surface area contributed by atoms with E-state index in [0.717, 1.165) is 25.6 Å². The number of nitrogens with zero attached hydrogens (tertiary/aromatic N) is 4. The van der Waals surface area contributed by atoms with E-state index in [1.807, 2.05) is 6.26 Å². The molecule has 0 spiro atoms. The van der Waals surface area contributed by atoms with Crippen molar-refractivity contribution in [3.8, 4) is 6.07 Å². The third-order valence-electron chi connectivity index (χ3n) is 3.50. The first-order valence-electron chi connectivity index (χ1n) is 6.93. The summed E-state index contributed by atoms with van der Waals surface area (Å²) in [6.45, 7) is 1.91. The fourth-order valence-corrected chi connectivity index (χ4v) is 3.34. The number of sulfonamides is 1. The Kier molecular flexibility index (Phi) is 5.61. The van der Waals surface area contributed by atoms with Crippen molar-refractivity contribution in [2.45, 2.75) is 18.0 Å². The SMILES string of the molecule is CSc1ncc(C#N)c(N2CCC[C@H](CNS(C)(=O)=O)C2)n1. The van der Waals surface area contributed by atoms with Gasteiger partial charge < -0.3 is 4.90 Å². The summed E-state index contributed by atoms with van der Waals surface area (Å²) < 4.78 is 25.0. The van der Waals surface area contributed by atoms with Crippen LogP contribution in [0.3, 0.4) is 0 Å². The van der Waals surface area contributed by atoms with Gasteiger partial charge in [0.05, 0.1) is 12.5 Å². The summed E-state index contributed by atoms with van der Waals surface area (Å²) in [7, 11) is -3.18. The van der Waals surface area contributed by atoms with E-state index in [1.54, 1.807) is 6.20 Å². The van der Waals surface area contributed by atoms with Crippen LogP contribution >= 0.6 is 11.8 Å². The van der Waals surface area contributed by atoms with Gasteiger partial charge in [0.25, 0.3) is 0 Å². The van der Waals surface area contributed by atoms with E-state index in [1.165, 1.54) is 11.8 Å². The van der Waals surface area contributed by atoms with E-state index in [0.29, 0.717) is 29.6 Å². The molecule has 0 amide bonds. The van der Waals surface area contributed by atoms with Crippen LogP contribution < -0.4 is 9.62 Å². The van der Waals surface area contributed by atoms with Crippen molar-refractivity contribution in [1.29, 1.82) is 5.26 Å². The second kappa shape index (κ2) is 7.26. The number of rotatable bonds is 5. The number of aromatic nitrogens is 2. The summed E-state index contributed by atoms with van der Waals surface area (Å²) in [4.78, 5) is 10.6. The van der Waals surface area contributed by atoms with Crippen LogP contribution in [0.15, 0.2) is 11.4 Å². The molecule has 0 radical (unpaired) electrons. The summed E-state index contributed by atoms with van der Waals surface area (Å²) >= 11 is 1.43. The molecule has 22 heavy (non-hydrogen) atoms. The average Bonchev–Trinajstić information content (AvgIpc) is 2.52. The Balaban J connectivity index is 2.13. The van der Waals surface area contributed by atoms with E-state index >= 15 is 0 Å². The lowest BCUT2D eigenvalue weighted by molar-refractivity contribution is 0.409. The number of thioether (sulfide) groups is 1. The quantitative estimate of drug-likeness (QED) is 0.625. The van der Waals surface area contributed by atoms with Gasteiger partial charge in [-0.15, -0.1) is 0 Å². The molecule has 1 aliphatic rings. The highest BCUT2D eigenvalue weighted by Crippen LogP contribution is 2.25. The first kappa shape index (κ1) is 17.0. The summed E-state index contributed by atoms with van der Waals surface area (Å²) in [5, 5.41) is 9.86. The largest absolute Gasteiger partial charge is 0.355 e. The lowest BCUT2D eigenvalue weighted by Gasteiger charge is -2.34. The van der Waals surface area contributed by atoms with Gasteiger partial charge in [0.2, 0.25) is 10.0 Å². The molecule has 0 aromatic carbocycles. The summed E-state index contributed by atoms with van der Waals surface area (Å²) in [6, 6.07) is 2.13. The molecule has 0 saturated carbocycles. The van der Waals surface area contributed by atoms with Crippen LogP contribution in [0.4, 0.5) is 5.82 Å². The van der Waals surface area contributed by atoms with Gasteiger partial charge in [-0.1, -0.05) is 11.8 Å². The minimum Gasteiger partial charge on any atom is -0.355 e. The van der Waals surface area contributed by atoms with Crippen molar-refractivity contribution in [2.24, 2.45) is 5.92 Å². The lowest BCUT2D eigenvalue weighted by Crippen LogP contribution is -2.41. The molecule has 1 atom stereocenters. The molecule has 1 N–H and O–H groups in total. The molecule has 0 unspecified atom stereocenters. The molecule has 1 aromatic heterocycles. The summed E-state index contributed by atoms with van der Waals surface area (Å²) in [6.07, 6.45) is 6.50. The zero-order valence-corrected chi connectivity index (χ0v) is 14.2.